The van der Waals surface area contributed by atoms with Gasteiger partial charge in [0.25, 0.3) is 0 Å². The summed E-state index contributed by atoms with van der Waals surface area (Å²) >= 11 is 0. The van der Waals surface area contributed by atoms with Gasteiger partial charge in [-0.2, -0.15) is 18.4 Å². The summed E-state index contributed by atoms with van der Waals surface area (Å²) in [7, 11) is 0. The Morgan fingerprint density at radius 2 is 2.00 bits per heavy atom. The van der Waals surface area contributed by atoms with Crippen molar-refractivity contribution in [1.29, 1.82) is 5.26 Å². The van der Waals surface area contributed by atoms with Crippen LogP contribution in [0.1, 0.15) is 17.3 Å². The smallest absolute Gasteiger partial charge is 0.347 e. The van der Waals surface area contributed by atoms with Crippen LogP contribution in [0.2, 0.25) is 0 Å². The SMILES string of the molecule is N#Cc1cccc(N2CCn3c(nnc3C(F)(F)F)C2)n1. The van der Waals surface area contributed by atoms with Crippen LogP contribution in [0.3, 0.4) is 0 Å². The van der Waals surface area contributed by atoms with Gasteiger partial charge in [0.15, 0.2) is 5.82 Å². The van der Waals surface area contributed by atoms with Crippen molar-refractivity contribution in [1.82, 2.24) is 19.7 Å². The van der Waals surface area contributed by atoms with Crippen molar-refractivity contribution < 1.29 is 13.2 Å². The first kappa shape index (κ1) is 13.4. The van der Waals surface area contributed by atoms with Crippen molar-refractivity contribution >= 4 is 5.82 Å². The van der Waals surface area contributed by atoms with Crippen molar-refractivity contribution in [2.45, 2.75) is 19.3 Å². The maximum atomic E-state index is 12.7. The summed E-state index contributed by atoms with van der Waals surface area (Å²) in [5.41, 5.74) is 0.260. The molecule has 6 nitrogen and oxygen atoms in total. The van der Waals surface area contributed by atoms with E-state index in [0.29, 0.717) is 12.4 Å². The molecule has 0 amide bonds. The summed E-state index contributed by atoms with van der Waals surface area (Å²) in [5, 5.41) is 15.6. The van der Waals surface area contributed by atoms with Crippen molar-refractivity contribution in [3.8, 4) is 6.07 Å². The Hall–Kier alpha value is -2.63. The maximum Gasteiger partial charge on any atom is 0.451 e. The quantitative estimate of drug-likeness (QED) is 0.798. The second kappa shape index (κ2) is 4.73. The topological polar surface area (TPSA) is 70.6 Å². The minimum absolute atomic E-state index is 0.121. The summed E-state index contributed by atoms with van der Waals surface area (Å²) in [6.45, 7) is 0.636. The molecule has 9 heteroatoms. The minimum Gasteiger partial charge on any atom is -0.347 e. The molecule has 2 aromatic heterocycles. The van der Waals surface area contributed by atoms with Crippen LogP contribution in [0.5, 0.6) is 0 Å². The molecule has 3 heterocycles. The van der Waals surface area contributed by atoms with Crippen LogP contribution >= 0.6 is 0 Å². The predicted octanol–water partition coefficient (Wildman–Crippen LogP) is 1.58. The zero-order valence-corrected chi connectivity index (χ0v) is 10.7. The molecule has 0 spiro atoms. The molecular weight excluding hydrogens is 285 g/mol. The monoisotopic (exact) mass is 294 g/mol. The molecule has 0 aromatic carbocycles. The molecule has 0 saturated carbocycles. The summed E-state index contributed by atoms with van der Waals surface area (Å²) < 4.78 is 39.3. The molecule has 1 aliphatic rings. The molecule has 3 rings (SSSR count). The van der Waals surface area contributed by atoms with Crippen LogP contribution in [-0.2, 0) is 19.3 Å². The van der Waals surface area contributed by atoms with E-state index in [1.54, 1.807) is 23.1 Å². The summed E-state index contributed by atoms with van der Waals surface area (Å²) in [4.78, 5) is 5.90. The maximum absolute atomic E-state index is 12.7. The Kier molecular flexibility index (Phi) is 3.01. The zero-order valence-electron chi connectivity index (χ0n) is 10.7. The van der Waals surface area contributed by atoms with E-state index in [-0.39, 0.29) is 24.6 Å². The van der Waals surface area contributed by atoms with Crippen molar-refractivity contribution in [2.24, 2.45) is 0 Å². The molecule has 0 fully saturated rings. The molecule has 2 aromatic rings. The molecule has 0 radical (unpaired) electrons. The van der Waals surface area contributed by atoms with Crippen LogP contribution < -0.4 is 4.90 Å². The Balaban J connectivity index is 1.89. The van der Waals surface area contributed by atoms with Crippen molar-refractivity contribution in [3.05, 3.63) is 35.5 Å². The first-order chi connectivity index (χ1) is 9.99. The zero-order chi connectivity index (χ0) is 15.0. The number of halogens is 3. The molecule has 1 aliphatic heterocycles. The van der Waals surface area contributed by atoms with Gasteiger partial charge in [0, 0.05) is 13.1 Å². The number of aromatic nitrogens is 4. The molecule has 21 heavy (non-hydrogen) atoms. The average molecular weight is 294 g/mol. The van der Waals surface area contributed by atoms with Gasteiger partial charge in [-0.05, 0) is 12.1 Å². The van der Waals surface area contributed by atoms with E-state index in [1.807, 2.05) is 6.07 Å². The van der Waals surface area contributed by atoms with Gasteiger partial charge >= 0.3 is 6.18 Å². The summed E-state index contributed by atoms with van der Waals surface area (Å²) in [6.07, 6.45) is -4.51. The van der Waals surface area contributed by atoms with Crippen LogP contribution in [-0.4, -0.2) is 26.3 Å². The van der Waals surface area contributed by atoms with Gasteiger partial charge in [0.1, 0.15) is 17.6 Å². The van der Waals surface area contributed by atoms with Crippen LogP contribution in [0.15, 0.2) is 18.2 Å². The largest absolute Gasteiger partial charge is 0.451 e. The van der Waals surface area contributed by atoms with Gasteiger partial charge in [-0.25, -0.2) is 4.98 Å². The van der Waals surface area contributed by atoms with Gasteiger partial charge in [-0.15, -0.1) is 10.2 Å². The van der Waals surface area contributed by atoms with Crippen LogP contribution in [0.25, 0.3) is 0 Å². The highest BCUT2D eigenvalue weighted by Crippen LogP contribution is 2.30. The van der Waals surface area contributed by atoms with E-state index in [1.165, 1.54) is 0 Å². The Labute approximate surface area is 117 Å². The van der Waals surface area contributed by atoms with E-state index in [9.17, 15) is 13.2 Å². The molecule has 0 aliphatic carbocycles. The third-order valence-corrected chi connectivity index (χ3v) is 3.18. The molecule has 0 bridgehead atoms. The number of anilines is 1. The van der Waals surface area contributed by atoms with E-state index >= 15 is 0 Å². The third-order valence-electron chi connectivity index (χ3n) is 3.18. The summed E-state index contributed by atoms with van der Waals surface area (Å²) in [6, 6.07) is 6.88. The van der Waals surface area contributed by atoms with E-state index in [2.05, 4.69) is 15.2 Å². The van der Waals surface area contributed by atoms with E-state index in [0.717, 1.165) is 4.57 Å². The Morgan fingerprint density at radius 1 is 1.19 bits per heavy atom. The van der Waals surface area contributed by atoms with Crippen LogP contribution in [0, 0.1) is 11.3 Å². The van der Waals surface area contributed by atoms with Crippen molar-refractivity contribution in [3.63, 3.8) is 0 Å². The first-order valence-electron chi connectivity index (χ1n) is 6.10. The lowest BCUT2D eigenvalue weighted by Gasteiger charge is -2.28. The van der Waals surface area contributed by atoms with Gasteiger partial charge in [-0.3, -0.25) is 0 Å². The fourth-order valence-corrected chi connectivity index (χ4v) is 2.22. The lowest BCUT2D eigenvalue weighted by molar-refractivity contribution is -0.147. The Bertz CT molecular complexity index is 715. The van der Waals surface area contributed by atoms with Gasteiger partial charge < -0.3 is 9.47 Å². The second-order valence-electron chi connectivity index (χ2n) is 4.50. The standard InChI is InChI=1S/C12H9F3N6/c13-12(14,15)11-19-18-10-7-20(4-5-21(10)11)9-3-1-2-8(6-16)17-9/h1-3H,4-5,7H2. The molecule has 0 N–H and O–H groups in total. The lowest BCUT2D eigenvalue weighted by Crippen LogP contribution is -2.35. The predicted molar refractivity (Wildman–Crippen MR) is 65.0 cm³/mol. The molecule has 0 atom stereocenters. The van der Waals surface area contributed by atoms with E-state index in [4.69, 9.17) is 5.26 Å². The number of pyridine rings is 1. The number of hydrogen-bond acceptors (Lipinski definition) is 5. The first-order valence-corrected chi connectivity index (χ1v) is 6.10. The second-order valence-corrected chi connectivity index (χ2v) is 4.50. The molecular formula is C12H9F3N6. The number of nitriles is 1. The highest BCUT2D eigenvalue weighted by molar-refractivity contribution is 5.42. The van der Waals surface area contributed by atoms with Gasteiger partial charge in [0.05, 0.1) is 6.54 Å². The normalized spacial score (nSPS) is 14.7. The fraction of sp³-hybridized carbons (Fsp3) is 0.333. The number of rotatable bonds is 1. The fourth-order valence-electron chi connectivity index (χ4n) is 2.22. The molecule has 0 unspecified atom stereocenters. The van der Waals surface area contributed by atoms with Crippen molar-refractivity contribution in [2.75, 3.05) is 11.4 Å². The Morgan fingerprint density at radius 3 is 2.71 bits per heavy atom. The molecule has 0 saturated heterocycles. The van der Waals surface area contributed by atoms with Crippen LogP contribution in [0.4, 0.5) is 19.0 Å². The highest BCUT2D eigenvalue weighted by atomic mass is 19.4. The highest BCUT2D eigenvalue weighted by Gasteiger charge is 2.39. The van der Waals surface area contributed by atoms with E-state index < -0.39 is 12.0 Å². The number of fused-ring (bicyclic) bond motifs is 1. The third kappa shape index (κ3) is 2.40. The number of alkyl halides is 3. The van der Waals surface area contributed by atoms with Gasteiger partial charge in [0.2, 0.25) is 5.82 Å². The summed E-state index contributed by atoms with van der Waals surface area (Å²) in [5.74, 6) is -0.203. The average Bonchev–Trinajstić information content (AvgIpc) is 2.90. The number of hydrogen-bond donors (Lipinski definition) is 0. The van der Waals surface area contributed by atoms with Gasteiger partial charge in [-0.1, -0.05) is 6.07 Å². The molecule has 108 valence electrons. The minimum atomic E-state index is -4.51. The number of nitrogens with zero attached hydrogens (tertiary/aromatic N) is 6. The lowest BCUT2D eigenvalue weighted by atomic mass is 10.3.